The highest BCUT2D eigenvalue weighted by Gasteiger charge is 2.38. The summed E-state index contributed by atoms with van der Waals surface area (Å²) < 4.78 is 0. The van der Waals surface area contributed by atoms with E-state index in [0.29, 0.717) is 43.7 Å². The number of hydrogen-bond donors (Lipinski definition) is 4. The number of likely N-dealkylation sites (tertiary alicyclic amines) is 1. The van der Waals surface area contributed by atoms with E-state index in [9.17, 15) is 24.3 Å². The molecule has 0 aromatic rings. The van der Waals surface area contributed by atoms with Crippen LogP contribution in [-0.4, -0.2) is 88.4 Å². The summed E-state index contributed by atoms with van der Waals surface area (Å²) in [5.74, 6) is -1.01. The second-order valence-corrected chi connectivity index (χ2v) is 10.1. The number of nitrogens with one attached hydrogen (secondary N) is 2. The molecule has 1 aliphatic heterocycles. The highest BCUT2D eigenvalue weighted by Crippen LogP contribution is 2.20. The van der Waals surface area contributed by atoms with Crippen molar-refractivity contribution >= 4 is 47.2 Å². The molecule has 1 heterocycles. The van der Waals surface area contributed by atoms with Gasteiger partial charge in [0.05, 0.1) is 6.04 Å². The Hall–Kier alpha value is -1.46. The van der Waals surface area contributed by atoms with Gasteiger partial charge in [-0.05, 0) is 55.6 Å². The molecule has 1 saturated heterocycles. The number of hydrogen-bond acceptors (Lipinski definition) is 7. The van der Waals surface area contributed by atoms with E-state index in [4.69, 9.17) is 5.73 Å². The van der Waals surface area contributed by atoms with Crippen LogP contribution in [0.15, 0.2) is 0 Å². The van der Waals surface area contributed by atoms with Crippen LogP contribution in [-0.2, 0) is 19.2 Å². The fraction of sp³-hybridized carbons (Fsp3) is 0.810. The van der Waals surface area contributed by atoms with Gasteiger partial charge < -0.3 is 26.4 Å². The lowest BCUT2D eigenvalue weighted by Crippen LogP contribution is -2.57. The Balaban J connectivity index is 2.95. The number of carbonyl (C=O) groups excluding carboxylic acids is 3. The number of nitrogens with zero attached hydrogens (tertiary/aromatic N) is 1. The van der Waals surface area contributed by atoms with Crippen molar-refractivity contribution in [2.45, 2.75) is 70.1 Å². The Morgan fingerprint density at radius 3 is 2.16 bits per heavy atom. The molecule has 9 nitrogen and oxygen atoms in total. The molecule has 1 rings (SSSR count). The molecule has 3 amide bonds. The molecule has 0 aromatic heterocycles. The van der Waals surface area contributed by atoms with Gasteiger partial charge >= 0.3 is 5.97 Å². The standard InChI is InChI=1S/C21H38N4O5S2/c1-5-13(2)17(22)19(27)23-14(8-11-31-3)18(26)24-15(9-12-32-4)20(28)25-10-6-7-16(25)21(29)30/h13-17H,5-12,22H2,1-4H3,(H,23,27)(H,24,26)(H,29,30). The monoisotopic (exact) mass is 490 g/mol. The number of thioether (sulfide) groups is 2. The number of carboxylic acids is 1. The Morgan fingerprint density at radius 2 is 1.62 bits per heavy atom. The summed E-state index contributed by atoms with van der Waals surface area (Å²) >= 11 is 3.09. The topological polar surface area (TPSA) is 142 Å². The van der Waals surface area contributed by atoms with Crippen molar-refractivity contribution in [3.05, 3.63) is 0 Å². The van der Waals surface area contributed by atoms with Gasteiger partial charge in [0.2, 0.25) is 17.7 Å². The quantitative estimate of drug-likeness (QED) is 0.281. The molecule has 0 aromatic carbocycles. The zero-order valence-electron chi connectivity index (χ0n) is 19.5. The van der Waals surface area contributed by atoms with Crippen LogP contribution in [0.25, 0.3) is 0 Å². The van der Waals surface area contributed by atoms with Crippen molar-refractivity contribution in [3.63, 3.8) is 0 Å². The van der Waals surface area contributed by atoms with Gasteiger partial charge in [0, 0.05) is 6.54 Å². The lowest BCUT2D eigenvalue weighted by molar-refractivity contribution is -0.149. The molecule has 5 N–H and O–H groups in total. The maximum absolute atomic E-state index is 13.1. The average Bonchev–Trinajstić information content (AvgIpc) is 3.27. The first kappa shape index (κ1) is 28.6. The molecule has 5 atom stereocenters. The number of nitrogens with two attached hydrogens (primary N) is 1. The van der Waals surface area contributed by atoms with E-state index < -0.39 is 42.0 Å². The number of aliphatic carboxylic acids is 1. The van der Waals surface area contributed by atoms with Gasteiger partial charge in [-0.3, -0.25) is 14.4 Å². The van der Waals surface area contributed by atoms with Crippen molar-refractivity contribution < 1.29 is 24.3 Å². The highest BCUT2D eigenvalue weighted by atomic mass is 32.2. The maximum Gasteiger partial charge on any atom is 0.326 e. The summed E-state index contributed by atoms with van der Waals surface area (Å²) in [4.78, 5) is 51.7. The zero-order chi connectivity index (χ0) is 24.3. The molecule has 5 unspecified atom stereocenters. The largest absolute Gasteiger partial charge is 0.480 e. The molecule has 0 radical (unpaired) electrons. The fourth-order valence-corrected chi connectivity index (χ4v) is 4.48. The molecule has 0 bridgehead atoms. The van der Waals surface area contributed by atoms with Crippen molar-refractivity contribution in [3.8, 4) is 0 Å². The summed E-state index contributed by atoms with van der Waals surface area (Å²) in [6.45, 7) is 4.19. The van der Waals surface area contributed by atoms with E-state index in [2.05, 4.69) is 10.6 Å². The third kappa shape index (κ3) is 8.47. The average molecular weight is 491 g/mol. The summed E-state index contributed by atoms with van der Waals surface area (Å²) in [7, 11) is 0. The molecule has 0 spiro atoms. The summed E-state index contributed by atoms with van der Waals surface area (Å²) in [6, 6.07) is -3.24. The predicted octanol–water partition coefficient (Wildman–Crippen LogP) is 0.911. The second kappa shape index (κ2) is 14.6. The van der Waals surface area contributed by atoms with Crippen LogP contribution in [0.2, 0.25) is 0 Å². The number of rotatable bonds is 14. The Bertz CT molecular complexity index is 652. The third-order valence-corrected chi connectivity index (χ3v) is 7.14. The molecule has 32 heavy (non-hydrogen) atoms. The van der Waals surface area contributed by atoms with E-state index in [1.165, 1.54) is 16.7 Å². The Labute approximate surface area is 199 Å². The normalized spacial score (nSPS) is 19.7. The van der Waals surface area contributed by atoms with Crippen LogP contribution in [0.4, 0.5) is 0 Å². The minimum atomic E-state index is -1.03. The van der Waals surface area contributed by atoms with Crippen molar-refractivity contribution in [1.29, 1.82) is 0 Å². The van der Waals surface area contributed by atoms with E-state index in [0.717, 1.165) is 6.42 Å². The molecule has 0 saturated carbocycles. The van der Waals surface area contributed by atoms with Crippen molar-refractivity contribution in [2.24, 2.45) is 11.7 Å². The van der Waals surface area contributed by atoms with Gasteiger partial charge in [-0.15, -0.1) is 0 Å². The molecular weight excluding hydrogens is 452 g/mol. The lowest BCUT2D eigenvalue weighted by Gasteiger charge is -2.29. The minimum Gasteiger partial charge on any atom is -0.480 e. The van der Waals surface area contributed by atoms with Crippen LogP contribution in [0, 0.1) is 5.92 Å². The van der Waals surface area contributed by atoms with Gasteiger partial charge in [-0.2, -0.15) is 23.5 Å². The fourth-order valence-electron chi connectivity index (χ4n) is 3.54. The lowest BCUT2D eigenvalue weighted by atomic mass is 9.99. The van der Waals surface area contributed by atoms with Crippen molar-refractivity contribution in [1.82, 2.24) is 15.5 Å². The van der Waals surface area contributed by atoms with E-state index in [-0.39, 0.29) is 11.8 Å². The van der Waals surface area contributed by atoms with Crippen LogP contribution >= 0.6 is 23.5 Å². The molecular formula is C21H38N4O5S2. The maximum atomic E-state index is 13.1. The van der Waals surface area contributed by atoms with Crippen molar-refractivity contribution in [2.75, 3.05) is 30.6 Å². The second-order valence-electron chi connectivity index (χ2n) is 8.12. The number of carbonyl (C=O) groups is 4. The summed E-state index contributed by atoms with van der Waals surface area (Å²) in [5.41, 5.74) is 6.02. The summed E-state index contributed by atoms with van der Waals surface area (Å²) in [6.07, 6.45) is 6.35. The van der Waals surface area contributed by atoms with Gasteiger partial charge in [-0.25, -0.2) is 4.79 Å². The van der Waals surface area contributed by atoms with Gasteiger partial charge in [0.1, 0.15) is 18.1 Å². The van der Waals surface area contributed by atoms with Crippen LogP contribution in [0.3, 0.4) is 0 Å². The highest BCUT2D eigenvalue weighted by molar-refractivity contribution is 7.98. The van der Waals surface area contributed by atoms with Gasteiger partial charge in [0.25, 0.3) is 0 Å². The first-order valence-corrected chi connectivity index (χ1v) is 13.8. The first-order chi connectivity index (χ1) is 15.2. The SMILES string of the molecule is CCC(C)C(N)C(=O)NC(CCSC)C(=O)NC(CCSC)C(=O)N1CCCC1C(=O)O. The van der Waals surface area contributed by atoms with E-state index >= 15 is 0 Å². The summed E-state index contributed by atoms with van der Waals surface area (Å²) in [5, 5.41) is 15.0. The number of amides is 3. The smallest absolute Gasteiger partial charge is 0.326 e. The van der Waals surface area contributed by atoms with Crippen LogP contribution in [0.1, 0.15) is 46.0 Å². The van der Waals surface area contributed by atoms with Crippen LogP contribution < -0.4 is 16.4 Å². The molecule has 184 valence electrons. The molecule has 11 heteroatoms. The zero-order valence-corrected chi connectivity index (χ0v) is 21.1. The Kier molecular flexibility index (Phi) is 13.1. The third-order valence-electron chi connectivity index (χ3n) is 5.85. The first-order valence-electron chi connectivity index (χ1n) is 11.0. The van der Waals surface area contributed by atoms with Gasteiger partial charge in [-0.1, -0.05) is 20.3 Å². The molecule has 0 aliphatic carbocycles. The van der Waals surface area contributed by atoms with E-state index in [1.54, 1.807) is 11.8 Å². The minimum absolute atomic E-state index is 0.0294. The van der Waals surface area contributed by atoms with Gasteiger partial charge in [0.15, 0.2) is 0 Å². The molecule has 1 aliphatic rings. The molecule has 1 fully saturated rings. The van der Waals surface area contributed by atoms with Crippen LogP contribution in [0.5, 0.6) is 0 Å². The number of carboxylic acid groups (broad SMARTS) is 1. The van der Waals surface area contributed by atoms with E-state index in [1.807, 2.05) is 26.4 Å². The predicted molar refractivity (Wildman–Crippen MR) is 130 cm³/mol. The Morgan fingerprint density at radius 1 is 1.06 bits per heavy atom.